The number of rotatable bonds is 9. The summed E-state index contributed by atoms with van der Waals surface area (Å²) in [6.45, 7) is 4.41. The summed E-state index contributed by atoms with van der Waals surface area (Å²) in [5.74, 6) is -0.698. The van der Waals surface area contributed by atoms with Crippen molar-refractivity contribution >= 4 is 11.9 Å². The van der Waals surface area contributed by atoms with Gasteiger partial charge in [-0.15, -0.1) is 0 Å². The van der Waals surface area contributed by atoms with Gasteiger partial charge in [0.15, 0.2) is 0 Å². The Labute approximate surface area is 125 Å². The predicted molar refractivity (Wildman–Crippen MR) is 80.3 cm³/mol. The summed E-state index contributed by atoms with van der Waals surface area (Å²) in [4.78, 5) is 22.4. The maximum Gasteiger partial charge on any atom is 0.308 e. The number of carbonyl (C=O) groups excluding carboxylic acids is 1. The third kappa shape index (κ3) is 6.29. The van der Waals surface area contributed by atoms with E-state index >= 15 is 0 Å². The normalized spacial score (nSPS) is 11.7. The summed E-state index contributed by atoms with van der Waals surface area (Å²) in [5, 5.41) is 11.5. The molecule has 0 heterocycles. The third-order valence-corrected chi connectivity index (χ3v) is 3.29. The highest BCUT2D eigenvalue weighted by molar-refractivity contribution is 5.77. The van der Waals surface area contributed by atoms with Gasteiger partial charge in [-0.1, -0.05) is 25.1 Å². The Hall–Kier alpha value is -2.04. The molecule has 0 spiro atoms. The molecule has 21 heavy (non-hydrogen) atoms. The van der Waals surface area contributed by atoms with E-state index < -0.39 is 11.9 Å². The summed E-state index contributed by atoms with van der Waals surface area (Å²) in [6, 6.07) is 7.72. The lowest BCUT2D eigenvalue weighted by Crippen LogP contribution is -2.32. The second-order valence-electron chi connectivity index (χ2n) is 4.96. The van der Waals surface area contributed by atoms with Crippen LogP contribution in [0.5, 0.6) is 5.75 Å². The highest BCUT2D eigenvalue weighted by Crippen LogP contribution is 2.16. The molecular weight excluding hydrogens is 270 g/mol. The number of carboxylic acids is 1. The standard InChI is InChI=1S/C16H23NO4/c1-3-13(16(19)20)11-17-15(18)9-6-10-21-14-8-5-4-7-12(14)2/h4-5,7-8,13H,3,6,9-11H2,1-2H3,(H,17,18)(H,19,20). The number of benzene rings is 1. The molecular formula is C16H23NO4. The zero-order valence-corrected chi connectivity index (χ0v) is 12.6. The van der Waals surface area contributed by atoms with E-state index in [1.807, 2.05) is 31.2 Å². The third-order valence-electron chi connectivity index (χ3n) is 3.29. The molecule has 0 aliphatic rings. The van der Waals surface area contributed by atoms with Crippen LogP contribution in [0, 0.1) is 12.8 Å². The van der Waals surface area contributed by atoms with Crippen LogP contribution in [0.15, 0.2) is 24.3 Å². The van der Waals surface area contributed by atoms with Crippen LogP contribution >= 0.6 is 0 Å². The van der Waals surface area contributed by atoms with Gasteiger partial charge in [0.1, 0.15) is 5.75 Å². The lowest BCUT2D eigenvalue weighted by molar-refractivity contribution is -0.141. The van der Waals surface area contributed by atoms with E-state index in [1.54, 1.807) is 6.92 Å². The molecule has 0 aromatic heterocycles. The Morgan fingerprint density at radius 1 is 1.33 bits per heavy atom. The number of carboxylic acid groups (broad SMARTS) is 1. The van der Waals surface area contributed by atoms with Gasteiger partial charge in [0.05, 0.1) is 12.5 Å². The van der Waals surface area contributed by atoms with E-state index in [0.29, 0.717) is 25.9 Å². The molecule has 0 radical (unpaired) electrons. The molecule has 1 aromatic carbocycles. The van der Waals surface area contributed by atoms with Crippen molar-refractivity contribution in [2.24, 2.45) is 5.92 Å². The summed E-state index contributed by atoms with van der Waals surface area (Å²) in [5.41, 5.74) is 1.06. The first-order chi connectivity index (χ1) is 10.0. The maximum absolute atomic E-state index is 11.6. The highest BCUT2D eigenvalue weighted by Gasteiger charge is 2.15. The largest absolute Gasteiger partial charge is 0.493 e. The zero-order chi connectivity index (χ0) is 15.7. The fourth-order valence-electron chi connectivity index (χ4n) is 1.86. The lowest BCUT2D eigenvalue weighted by atomic mass is 10.1. The van der Waals surface area contributed by atoms with Crippen LogP contribution in [-0.4, -0.2) is 30.1 Å². The monoisotopic (exact) mass is 293 g/mol. The van der Waals surface area contributed by atoms with Crippen LogP contribution in [0.1, 0.15) is 31.7 Å². The van der Waals surface area contributed by atoms with Crippen molar-refractivity contribution in [3.05, 3.63) is 29.8 Å². The van der Waals surface area contributed by atoms with Gasteiger partial charge >= 0.3 is 5.97 Å². The number of hydrogen-bond acceptors (Lipinski definition) is 3. The molecule has 5 nitrogen and oxygen atoms in total. The van der Waals surface area contributed by atoms with Crippen molar-refractivity contribution in [2.75, 3.05) is 13.2 Å². The quantitative estimate of drug-likeness (QED) is 0.685. The van der Waals surface area contributed by atoms with Crippen molar-refractivity contribution in [1.82, 2.24) is 5.32 Å². The summed E-state index contributed by atoms with van der Waals surface area (Å²) >= 11 is 0. The number of ether oxygens (including phenoxy) is 1. The zero-order valence-electron chi connectivity index (χ0n) is 12.6. The molecule has 0 aliphatic heterocycles. The first kappa shape index (κ1) is 17.0. The Balaban J connectivity index is 2.19. The SMILES string of the molecule is CCC(CNC(=O)CCCOc1ccccc1C)C(=O)O. The fourth-order valence-corrected chi connectivity index (χ4v) is 1.86. The van der Waals surface area contributed by atoms with Gasteiger partial charge in [-0.2, -0.15) is 0 Å². The van der Waals surface area contributed by atoms with Crippen LogP contribution in [0.3, 0.4) is 0 Å². The van der Waals surface area contributed by atoms with Crippen molar-refractivity contribution in [3.8, 4) is 5.75 Å². The second-order valence-corrected chi connectivity index (χ2v) is 4.96. The fraction of sp³-hybridized carbons (Fsp3) is 0.500. The van der Waals surface area contributed by atoms with Gasteiger partial charge in [0.2, 0.25) is 5.91 Å². The molecule has 1 atom stereocenters. The number of nitrogens with one attached hydrogen (secondary N) is 1. The Bertz CT molecular complexity index is 473. The van der Waals surface area contributed by atoms with Crippen molar-refractivity contribution < 1.29 is 19.4 Å². The van der Waals surface area contributed by atoms with Gasteiger partial charge in [-0.3, -0.25) is 9.59 Å². The predicted octanol–water partition coefficient (Wildman–Crippen LogP) is 2.38. The van der Waals surface area contributed by atoms with E-state index in [-0.39, 0.29) is 12.5 Å². The molecule has 0 saturated carbocycles. The minimum atomic E-state index is -0.874. The molecule has 2 N–H and O–H groups in total. The molecule has 0 aliphatic carbocycles. The first-order valence-electron chi connectivity index (χ1n) is 7.22. The summed E-state index contributed by atoms with van der Waals surface area (Å²) < 4.78 is 5.60. The van der Waals surface area contributed by atoms with E-state index in [1.165, 1.54) is 0 Å². The topological polar surface area (TPSA) is 75.6 Å². The molecule has 1 aromatic rings. The number of para-hydroxylation sites is 1. The molecule has 1 unspecified atom stereocenters. The molecule has 1 rings (SSSR count). The molecule has 0 saturated heterocycles. The summed E-state index contributed by atoms with van der Waals surface area (Å²) in [6.07, 6.45) is 1.44. The maximum atomic E-state index is 11.6. The van der Waals surface area contributed by atoms with Gasteiger partial charge in [0.25, 0.3) is 0 Å². The molecule has 5 heteroatoms. The number of aliphatic carboxylic acids is 1. The van der Waals surface area contributed by atoms with E-state index in [9.17, 15) is 9.59 Å². The molecule has 0 fully saturated rings. The van der Waals surface area contributed by atoms with Gasteiger partial charge in [0, 0.05) is 13.0 Å². The van der Waals surface area contributed by atoms with Crippen LogP contribution in [0.25, 0.3) is 0 Å². The number of aryl methyl sites for hydroxylation is 1. The number of amides is 1. The van der Waals surface area contributed by atoms with Crippen molar-refractivity contribution in [3.63, 3.8) is 0 Å². The molecule has 116 valence electrons. The van der Waals surface area contributed by atoms with Crippen LogP contribution in [0.2, 0.25) is 0 Å². The minimum absolute atomic E-state index is 0.136. The second kappa shape index (κ2) is 9.00. The number of carbonyl (C=O) groups is 2. The average Bonchev–Trinajstić information content (AvgIpc) is 2.45. The minimum Gasteiger partial charge on any atom is -0.493 e. The lowest BCUT2D eigenvalue weighted by Gasteiger charge is -2.11. The van der Waals surface area contributed by atoms with E-state index in [4.69, 9.17) is 9.84 Å². The average molecular weight is 293 g/mol. The summed E-state index contributed by atoms with van der Waals surface area (Å²) in [7, 11) is 0. The van der Waals surface area contributed by atoms with E-state index in [2.05, 4.69) is 5.32 Å². The van der Waals surface area contributed by atoms with E-state index in [0.717, 1.165) is 11.3 Å². The van der Waals surface area contributed by atoms with Crippen LogP contribution in [-0.2, 0) is 9.59 Å². The highest BCUT2D eigenvalue weighted by atomic mass is 16.5. The van der Waals surface area contributed by atoms with Crippen LogP contribution in [0.4, 0.5) is 0 Å². The Kier molecular flexibility index (Phi) is 7.29. The molecule has 0 bridgehead atoms. The number of hydrogen-bond donors (Lipinski definition) is 2. The molecule has 1 amide bonds. The Morgan fingerprint density at radius 3 is 2.67 bits per heavy atom. The van der Waals surface area contributed by atoms with Gasteiger partial charge in [-0.25, -0.2) is 0 Å². The van der Waals surface area contributed by atoms with Crippen molar-refractivity contribution in [2.45, 2.75) is 33.1 Å². The Morgan fingerprint density at radius 2 is 2.05 bits per heavy atom. The van der Waals surface area contributed by atoms with Gasteiger partial charge in [-0.05, 0) is 31.4 Å². The smallest absolute Gasteiger partial charge is 0.308 e. The first-order valence-corrected chi connectivity index (χ1v) is 7.22. The van der Waals surface area contributed by atoms with Gasteiger partial charge < -0.3 is 15.2 Å². The van der Waals surface area contributed by atoms with Crippen molar-refractivity contribution in [1.29, 1.82) is 0 Å². The van der Waals surface area contributed by atoms with Crippen LogP contribution < -0.4 is 10.1 Å².